The van der Waals surface area contributed by atoms with Crippen LogP contribution in [0, 0.1) is 5.82 Å². The van der Waals surface area contributed by atoms with Crippen LogP contribution in [-0.2, 0) is 17.6 Å². The van der Waals surface area contributed by atoms with Gasteiger partial charge in [0.15, 0.2) is 0 Å². The number of methoxy groups -OCH3 is 1. The first-order valence-electron chi connectivity index (χ1n) is 11.5. The molecule has 1 heterocycles. The van der Waals surface area contributed by atoms with Gasteiger partial charge < -0.3 is 19.4 Å². The van der Waals surface area contributed by atoms with Gasteiger partial charge in [-0.3, -0.25) is 4.79 Å². The summed E-state index contributed by atoms with van der Waals surface area (Å²) in [5.74, 6) is 0.750. The lowest BCUT2D eigenvalue weighted by atomic mass is 10.0. The van der Waals surface area contributed by atoms with E-state index in [1.54, 1.807) is 19.2 Å². The van der Waals surface area contributed by atoms with E-state index in [9.17, 15) is 9.18 Å². The van der Waals surface area contributed by atoms with Crippen molar-refractivity contribution in [2.75, 3.05) is 53.9 Å². The maximum absolute atomic E-state index is 13.2. The fourth-order valence-corrected chi connectivity index (χ4v) is 4.23. The molecule has 0 atom stereocenters. The number of likely N-dealkylation sites (N-methyl/N-ethyl adjacent to an activating group) is 1. The highest BCUT2D eigenvalue weighted by Gasteiger charge is 2.27. The van der Waals surface area contributed by atoms with Crippen LogP contribution in [0.5, 0.6) is 5.75 Å². The van der Waals surface area contributed by atoms with Crippen molar-refractivity contribution in [1.29, 1.82) is 0 Å². The highest BCUT2D eigenvalue weighted by molar-refractivity contribution is 5.79. The number of carbonyl (C=O) groups excluding carboxylic acids is 1. The molecule has 1 fully saturated rings. The average Bonchev–Trinajstić information content (AvgIpc) is 2.80. The molecule has 0 radical (unpaired) electrons. The minimum absolute atomic E-state index is 0.134. The number of piperidine rings is 1. The summed E-state index contributed by atoms with van der Waals surface area (Å²) in [4.78, 5) is 19.8. The smallest absolute Gasteiger partial charge is 0.227 e. The van der Waals surface area contributed by atoms with E-state index in [-0.39, 0.29) is 17.8 Å². The van der Waals surface area contributed by atoms with E-state index < -0.39 is 0 Å². The third-order valence-electron chi connectivity index (χ3n) is 6.25. The van der Waals surface area contributed by atoms with Gasteiger partial charge in [-0.1, -0.05) is 24.3 Å². The molecule has 0 bridgehead atoms. The summed E-state index contributed by atoms with van der Waals surface area (Å²) in [5, 5.41) is 0. The van der Waals surface area contributed by atoms with Crippen LogP contribution in [0.3, 0.4) is 0 Å². The Morgan fingerprint density at radius 3 is 2.22 bits per heavy atom. The van der Waals surface area contributed by atoms with Crippen molar-refractivity contribution in [2.45, 2.75) is 31.7 Å². The first-order valence-corrected chi connectivity index (χ1v) is 11.5. The molecule has 1 aliphatic rings. The van der Waals surface area contributed by atoms with Crippen molar-refractivity contribution in [1.82, 2.24) is 14.7 Å². The molecule has 32 heavy (non-hydrogen) atoms. The molecule has 0 unspecified atom stereocenters. The number of halogens is 1. The van der Waals surface area contributed by atoms with Gasteiger partial charge in [-0.15, -0.1) is 0 Å². The predicted octanol–water partition coefficient (Wildman–Crippen LogP) is 3.47. The summed E-state index contributed by atoms with van der Waals surface area (Å²) >= 11 is 0. The van der Waals surface area contributed by atoms with Gasteiger partial charge in [-0.2, -0.15) is 0 Å². The number of likely N-dealkylation sites (tertiary alicyclic amines) is 1. The van der Waals surface area contributed by atoms with Crippen LogP contribution in [0.4, 0.5) is 4.39 Å². The number of ether oxygens (including phenoxy) is 1. The topological polar surface area (TPSA) is 36.0 Å². The van der Waals surface area contributed by atoms with Crippen LogP contribution in [-0.4, -0.2) is 80.6 Å². The Bertz CT molecular complexity index is 831. The van der Waals surface area contributed by atoms with Crippen LogP contribution in [0.2, 0.25) is 0 Å². The number of benzene rings is 2. The molecular formula is C26H36FN3O2. The third-order valence-corrected chi connectivity index (χ3v) is 6.25. The number of hydrogen-bond acceptors (Lipinski definition) is 4. The lowest BCUT2D eigenvalue weighted by Gasteiger charge is -2.39. The molecule has 0 spiro atoms. The SMILES string of the molecule is COc1ccc(CCN2CCC(N(CCN(C)C)C(=O)Cc3ccc(F)cc3)CC2)cc1. The molecule has 2 aromatic carbocycles. The molecule has 0 aromatic heterocycles. The minimum Gasteiger partial charge on any atom is -0.497 e. The van der Waals surface area contributed by atoms with E-state index in [1.165, 1.54) is 17.7 Å². The van der Waals surface area contributed by atoms with Crippen LogP contribution < -0.4 is 4.74 Å². The molecule has 2 aromatic rings. The third kappa shape index (κ3) is 7.31. The first kappa shape index (κ1) is 24.2. The van der Waals surface area contributed by atoms with Gasteiger partial charge in [-0.25, -0.2) is 4.39 Å². The molecule has 0 aliphatic carbocycles. The minimum atomic E-state index is -0.271. The Morgan fingerprint density at radius 2 is 1.62 bits per heavy atom. The van der Waals surface area contributed by atoms with Crippen LogP contribution in [0.15, 0.2) is 48.5 Å². The summed E-state index contributed by atoms with van der Waals surface area (Å²) in [6, 6.07) is 14.8. The lowest BCUT2D eigenvalue weighted by molar-refractivity contribution is -0.134. The van der Waals surface area contributed by atoms with Crippen molar-refractivity contribution in [3.8, 4) is 5.75 Å². The Kier molecular flexibility index (Phi) is 9.06. The normalized spacial score (nSPS) is 15.2. The molecule has 1 aliphatic heterocycles. The summed E-state index contributed by atoms with van der Waals surface area (Å²) in [7, 11) is 5.75. The van der Waals surface area contributed by atoms with Gasteiger partial charge >= 0.3 is 0 Å². The largest absolute Gasteiger partial charge is 0.497 e. The molecule has 5 nitrogen and oxygen atoms in total. The van der Waals surface area contributed by atoms with Crippen LogP contribution >= 0.6 is 0 Å². The number of nitrogens with zero attached hydrogens (tertiary/aromatic N) is 3. The summed E-state index contributed by atoms with van der Waals surface area (Å²) in [5.41, 5.74) is 2.18. The van der Waals surface area contributed by atoms with Gasteiger partial charge in [0, 0.05) is 38.8 Å². The number of carbonyl (C=O) groups is 1. The molecule has 3 rings (SSSR count). The van der Waals surface area contributed by atoms with Crippen molar-refractivity contribution in [2.24, 2.45) is 0 Å². The number of rotatable bonds is 10. The standard InChI is InChI=1S/C26H36FN3O2/c1-28(2)18-19-30(26(31)20-22-4-8-23(27)9-5-22)24-13-16-29(17-14-24)15-12-21-6-10-25(32-3)11-7-21/h4-11,24H,12-20H2,1-3H3. The zero-order chi connectivity index (χ0) is 22.9. The van der Waals surface area contributed by atoms with Crippen molar-refractivity contribution in [3.05, 3.63) is 65.5 Å². The van der Waals surface area contributed by atoms with E-state index >= 15 is 0 Å². The van der Waals surface area contributed by atoms with E-state index in [1.807, 2.05) is 26.2 Å². The van der Waals surface area contributed by atoms with Gasteiger partial charge in [0.25, 0.3) is 0 Å². The van der Waals surface area contributed by atoms with E-state index in [0.717, 1.165) is 63.3 Å². The summed E-state index contributed by atoms with van der Waals surface area (Å²) < 4.78 is 18.4. The maximum atomic E-state index is 13.2. The quantitative estimate of drug-likeness (QED) is 0.566. The van der Waals surface area contributed by atoms with E-state index in [4.69, 9.17) is 4.74 Å². The van der Waals surface area contributed by atoms with Crippen LogP contribution in [0.25, 0.3) is 0 Å². The monoisotopic (exact) mass is 441 g/mol. The van der Waals surface area contributed by atoms with Crippen molar-refractivity contribution < 1.29 is 13.9 Å². The predicted molar refractivity (Wildman–Crippen MR) is 127 cm³/mol. The molecule has 1 amide bonds. The molecular weight excluding hydrogens is 405 g/mol. The molecule has 1 saturated heterocycles. The van der Waals surface area contributed by atoms with Gasteiger partial charge in [0.05, 0.1) is 13.5 Å². The summed E-state index contributed by atoms with van der Waals surface area (Å²) in [6.07, 6.45) is 3.32. The summed E-state index contributed by atoms with van der Waals surface area (Å²) in [6.45, 7) is 4.60. The van der Waals surface area contributed by atoms with Gasteiger partial charge in [0.2, 0.25) is 5.91 Å². The maximum Gasteiger partial charge on any atom is 0.227 e. The molecule has 0 N–H and O–H groups in total. The Morgan fingerprint density at radius 1 is 1.00 bits per heavy atom. The lowest BCUT2D eigenvalue weighted by Crippen LogP contribution is -2.50. The highest BCUT2D eigenvalue weighted by Crippen LogP contribution is 2.19. The molecule has 6 heteroatoms. The number of hydrogen-bond donors (Lipinski definition) is 0. The van der Waals surface area contributed by atoms with E-state index in [2.05, 4.69) is 26.8 Å². The van der Waals surface area contributed by atoms with Crippen LogP contribution in [0.1, 0.15) is 24.0 Å². The first-order chi connectivity index (χ1) is 15.4. The van der Waals surface area contributed by atoms with Crippen molar-refractivity contribution >= 4 is 5.91 Å². The average molecular weight is 442 g/mol. The fourth-order valence-electron chi connectivity index (χ4n) is 4.23. The molecule has 0 saturated carbocycles. The van der Waals surface area contributed by atoms with Gasteiger partial charge in [0.1, 0.15) is 11.6 Å². The Balaban J connectivity index is 1.53. The molecule has 174 valence electrons. The zero-order valence-electron chi connectivity index (χ0n) is 19.6. The zero-order valence-corrected chi connectivity index (χ0v) is 19.6. The second-order valence-electron chi connectivity index (χ2n) is 8.86. The second-order valence-corrected chi connectivity index (χ2v) is 8.86. The Labute approximate surface area is 191 Å². The Hall–Kier alpha value is -2.44. The van der Waals surface area contributed by atoms with Gasteiger partial charge in [-0.05, 0) is 68.8 Å². The highest BCUT2D eigenvalue weighted by atomic mass is 19.1. The van der Waals surface area contributed by atoms with E-state index in [0.29, 0.717) is 6.42 Å². The fraction of sp³-hybridized carbons (Fsp3) is 0.500. The van der Waals surface area contributed by atoms with Crippen molar-refractivity contribution in [3.63, 3.8) is 0 Å². The second kappa shape index (κ2) is 12.0. The number of amides is 1.